The molecule has 0 fully saturated rings. The minimum atomic E-state index is -3.84. The minimum absolute atomic E-state index is 0.0540. The molecule has 0 spiro atoms. The third-order valence-electron chi connectivity index (χ3n) is 2.62. The molecule has 3 aromatic rings. The van der Waals surface area contributed by atoms with Gasteiger partial charge in [0, 0.05) is 0 Å². The molecule has 2 aromatic heterocycles. The Morgan fingerprint density at radius 3 is 2.86 bits per heavy atom. The van der Waals surface area contributed by atoms with Crippen LogP contribution in [0.2, 0.25) is 0 Å². The second-order valence-corrected chi connectivity index (χ2v) is 7.93. The van der Waals surface area contributed by atoms with Crippen LogP contribution in [0.3, 0.4) is 0 Å². The number of benzene rings is 1. The SMILES string of the molecule is O=C(O)c1csc(S(=O)(=O)Nc2cccc3n[se]nc23)c1. The van der Waals surface area contributed by atoms with Crippen molar-refractivity contribution in [3.63, 3.8) is 0 Å². The Morgan fingerprint density at radius 1 is 1.33 bits per heavy atom. The van der Waals surface area contributed by atoms with Crippen LogP contribution in [-0.4, -0.2) is 42.4 Å². The fourth-order valence-electron chi connectivity index (χ4n) is 1.65. The zero-order valence-electron chi connectivity index (χ0n) is 10.2. The van der Waals surface area contributed by atoms with Crippen LogP contribution in [-0.2, 0) is 10.0 Å². The Hall–Kier alpha value is -1.74. The Kier molecular flexibility index (Phi) is 3.54. The summed E-state index contributed by atoms with van der Waals surface area (Å²) in [4.78, 5) is 10.8. The number of sulfonamides is 1. The van der Waals surface area contributed by atoms with Gasteiger partial charge in [0.25, 0.3) is 0 Å². The molecule has 108 valence electrons. The van der Waals surface area contributed by atoms with Gasteiger partial charge < -0.3 is 0 Å². The third kappa shape index (κ3) is 2.70. The van der Waals surface area contributed by atoms with Gasteiger partial charge in [0.15, 0.2) is 0 Å². The maximum atomic E-state index is 12.3. The normalized spacial score (nSPS) is 11.6. The van der Waals surface area contributed by atoms with E-state index in [2.05, 4.69) is 12.7 Å². The first-order valence-corrected chi connectivity index (χ1v) is 9.43. The van der Waals surface area contributed by atoms with Crippen molar-refractivity contribution < 1.29 is 18.3 Å². The Bertz CT molecular complexity index is 932. The summed E-state index contributed by atoms with van der Waals surface area (Å²) in [6.45, 7) is 0. The number of carboxylic acid groups (broad SMARTS) is 1. The Labute approximate surface area is 129 Å². The topological polar surface area (TPSA) is 109 Å². The van der Waals surface area contributed by atoms with E-state index in [1.165, 1.54) is 5.38 Å². The summed E-state index contributed by atoms with van der Waals surface area (Å²) in [5, 5.41) is 10.1. The van der Waals surface area contributed by atoms with Gasteiger partial charge >= 0.3 is 129 Å². The van der Waals surface area contributed by atoms with Crippen molar-refractivity contribution in [2.45, 2.75) is 4.21 Å². The number of thiophene rings is 1. The summed E-state index contributed by atoms with van der Waals surface area (Å²) in [5.74, 6) is -1.16. The molecule has 0 saturated carbocycles. The number of rotatable bonds is 4. The van der Waals surface area contributed by atoms with Gasteiger partial charge in [-0.3, -0.25) is 0 Å². The third-order valence-corrected chi connectivity index (χ3v) is 6.56. The van der Waals surface area contributed by atoms with Gasteiger partial charge in [-0.05, 0) is 0 Å². The summed E-state index contributed by atoms with van der Waals surface area (Å²) < 4.78 is 35.3. The summed E-state index contributed by atoms with van der Waals surface area (Å²) in [7, 11) is -3.84. The molecule has 10 heteroatoms. The van der Waals surface area contributed by atoms with Gasteiger partial charge in [-0.2, -0.15) is 0 Å². The van der Waals surface area contributed by atoms with E-state index in [0.717, 1.165) is 17.4 Å². The summed E-state index contributed by atoms with van der Waals surface area (Å²) in [5.41, 5.74) is 1.48. The molecular weight excluding hydrogens is 381 g/mol. The van der Waals surface area contributed by atoms with E-state index in [0.29, 0.717) is 16.7 Å². The molecule has 3 rings (SSSR count). The predicted octanol–water partition coefficient (Wildman–Crippen LogP) is 1.25. The van der Waals surface area contributed by atoms with Crippen LogP contribution in [0.5, 0.6) is 0 Å². The zero-order valence-corrected chi connectivity index (χ0v) is 13.5. The van der Waals surface area contributed by atoms with E-state index >= 15 is 0 Å². The number of nitrogens with one attached hydrogen (secondary N) is 1. The molecule has 0 bridgehead atoms. The van der Waals surface area contributed by atoms with Crippen LogP contribution in [0.15, 0.2) is 33.9 Å². The number of hydrogen-bond acceptors (Lipinski definition) is 6. The number of carboxylic acids is 1. The van der Waals surface area contributed by atoms with Crippen molar-refractivity contribution >= 4 is 59.0 Å². The number of nitrogens with zero attached hydrogens (tertiary/aromatic N) is 2. The van der Waals surface area contributed by atoms with E-state index in [1.807, 2.05) is 0 Å². The molecule has 2 heterocycles. The second kappa shape index (κ2) is 5.23. The molecular formula is C11H7N3O4S2Se. The molecule has 21 heavy (non-hydrogen) atoms. The molecule has 7 nitrogen and oxygen atoms in total. The van der Waals surface area contributed by atoms with Crippen molar-refractivity contribution in [2.75, 3.05) is 4.72 Å². The predicted molar refractivity (Wildman–Crippen MR) is 78.6 cm³/mol. The van der Waals surface area contributed by atoms with E-state index in [-0.39, 0.29) is 24.7 Å². The molecule has 0 atom stereocenters. The van der Waals surface area contributed by atoms with Crippen LogP contribution in [0.1, 0.15) is 10.4 Å². The van der Waals surface area contributed by atoms with Crippen LogP contribution in [0, 0.1) is 0 Å². The van der Waals surface area contributed by atoms with E-state index in [4.69, 9.17) is 5.11 Å². The Morgan fingerprint density at radius 2 is 2.14 bits per heavy atom. The van der Waals surface area contributed by atoms with Gasteiger partial charge in [-0.25, -0.2) is 0 Å². The molecule has 2 N–H and O–H groups in total. The van der Waals surface area contributed by atoms with Gasteiger partial charge in [0.1, 0.15) is 0 Å². The van der Waals surface area contributed by atoms with E-state index < -0.39 is 16.0 Å². The van der Waals surface area contributed by atoms with Crippen LogP contribution in [0.4, 0.5) is 5.69 Å². The molecule has 0 aliphatic rings. The fourth-order valence-corrected chi connectivity index (χ4v) is 5.03. The molecule has 0 amide bonds. The van der Waals surface area contributed by atoms with Crippen molar-refractivity contribution in [3.05, 3.63) is 35.2 Å². The molecule has 0 aliphatic carbocycles. The van der Waals surface area contributed by atoms with Crippen molar-refractivity contribution in [1.29, 1.82) is 0 Å². The van der Waals surface area contributed by atoms with Crippen molar-refractivity contribution in [3.8, 4) is 0 Å². The second-order valence-electron chi connectivity index (χ2n) is 4.00. The van der Waals surface area contributed by atoms with E-state index in [1.54, 1.807) is 18.2 Å². The van der Waals surface area contributed by atoms with Crippen LogP contribution in [0.25, 0.3) is 11.0 Å². The fraction of sp³-hybridized carbons (Fsp3) is 0. The van der Waals surface area contributed by atoms with Gasteiger partial charge in [0.2, 0.25) is 0 Å². The van der Waals surface area contributed by atoms with E-state index in [9.17, 15) is 13.2 Å². The average Bonchev–Trinajstić information content (AvgIpc) is 3.08. The molecule has 1 aromatic carbocycles. The van der Waals surface area contributed by atoms with Crippen molar-refractivity contribution in [1.82, 2.24) is 7.96 Å². The first kappa shape index (κ1) is 14.2. The molecule has 0 aliphatic heterocycles. The number of fused-ring (bicyclic) bond motifs is 1. The number of aromatic nitrogens is 2. The van der Waals surface area contributed by atoms with Crippen molar-refractivity contribution in [2.24, 2.45) is 0 Å². The maximum absolute atomic E-state index is 12.3. The summed E-state index contributed by atoms with van der Waals surface area (Å²) in [6.07, 6.45) is 0. The monoisotopic (exact) mass is 389 g/mol. The first-order valence-electron chi connectivity index (χ1n) is 5.53. The van der Waals surface area contributed by atoms with Gasteiger partial charge in [0.05, 0.1) is 0 Å². The summed E-state index contributed by atoms with van der Waals surface area (Å²) >= 11 is 0.595. The van der Waals surface area contributed by atoms with Gasteiger partial charge in [-0.15, -0.1) is 0 Å². The molecule has 0 saturated heterocycles. The first-order chi connectivity index (χ1) is 9.97. The standard InChI is InChI=1S/C11H7N3O4S2Se/c15-11(16)6-4-9(19-5-6)20(17,18)12-7-2-1-3-8-10(7)14-21-13-8/h1-5,12H,(H,15,16). The Balaban J connectivity index is 1.99. The molecule has 0 radical (unpaired) electrons. The number of hydrogen-bond donors (Lipinski definition) is 2. The zero-order chi connectivity index (χ0) is 15.0. The summed E-state index contributed by atoms with van der Waals surface area (Å²) in [6, 6.07) is 6.18. The average molecular weight is 388 g/mol. The number of aromatic carboxylic acids is 1. The molecule has 0 unspecified atom stereocenters. The number of carbonyl (C=O) groups is 1. The number of anilines is 1. The van der Waals surface area contributed by atoms with Crippen LogP contribution >= 0.6 is 11.3 Å². The van der Waals surface area contributed by atoms with Crippen LogP contribution < -0.4 is 4.72 Å². The van der Waals surface area contributed by atoms with Gasteiger partial charge in [-0.1, -0.05) is 0 Å². The quantitative estimate of drug-likeness (QED) is 0.651.